The van der Waals surface area contributed by atoms with Gasteiger partial charge in [-0.15, -0.1) is 0 Å². The molecule has 2 N–H and O–H groups in total. The molecule has 34 heavy (non-hydrogen) atoms. The summed E-state index contributed by atoms with van der Waals surface area (Å²) >= 11 is 1.42. The lowest BCUT2D eigenvalue weighted by Crippen LogP contribution is -2.50. The molecule has 5 rings (SSSR count). The van der Waals surface area contributed by atoms with Crippen LogP contribution in [0.5, 0.6) is 0 Å². The molecule has 4 aromatic rings. The summed E-state index contributed by atoms with van der Waals surface area (Å²) in [6, 6.07) is 12.0. The first-order valence-electron chi connectivity index (χ1n) is 10.6. The number of anilines is 1. The average molecular weight is 496 g/mol. The van der Waals surface area contributed by atoms with E-state index in [1.165, 1.54) is 21.8 Å². The van der Waals surface area contributed by atoms with Gasteiger partial charge in [0, 0.05) is 49.3 Å². The molecule has 2 amide bonds. The summed E-state index contributed by atoms with van der Waals surface area (Å²) < 4.78 is 27.8. The lowest BCUT2D eigenvalue weighted by Gasteiger charge is -2.34. The van der Waals surface area contributed by atoms with Crippen LogP contribution in [0, 0.1) is 0 Å². The topological polar surface area (TPSA) is 115 Å². The van der Waals surface area contributed by atoms with E-state index in [1.807, 2.05) is 5.38 Å². The van der Waals surface area contributed by atoms with Crippen molar-refractivity contribution < 1.29 is 18.0 Å². The molecular formula is C23H21N5O4S2. The molecule has 4 heterocycles. The Morgan fingerprint density at radius 3 is 2.59 bits per heavy atom. The van der Waals surface area contributed by atoms with Crippen LogP contribution in [0.3, 0.4) is 0 Å². The van der Waals surface area contributed by atoms with Crippen LogP contribution < -0.4 is 5.32 Å². The van der Waals surface area contributed by atoms with E-state index in [-0.39, 0.29) is 42.9 Å². The number of hydrogen-bond donors (Lipinski definition) is 2. The van der Waals surface area contributed by atoms with Gasteiger partial charge in [0.05, 0.1) is 16.8 Å². The zero-order valence-electron chi connectivity index (χ0n) is 18.0. The Bertz CT molecular complexity index is 1460. The molecule has 0 saturated carbocycles. The number of piperazine rings is 1. The monoisotopic (exact) mass is 495 g/mol. The summed E-state index contributed by atoms with van der Waals surface area (Å²) in [4.78, 5) is 34.6. The maximum atomic E-state index is 13.2. The molecular weight excluding hydrogens is 474 g/mol. The molecule has 1 aliphatic rings. The van der Waals surface area contributed by atoms with E-state index in [4.69, 9.17) is 0 Å². The lowest BCUT2D eigenvalue weighted by atomic mass is 10.1. The Morgan fingerprint density at radius 1 is 1.03 bits per heavy atom. The standard InChI is InChI=1S/C23H21N5O4S2/c29-22(16-7-13-33-15-16)26-19-6-2-1-4-17(19)23(30)27-9-11-28(12-10-27)34(31,32)20-14-25-21-18(20)5-3-8-24-21/h1-8,13-15H,9-12H2,(H,24,25)(H,26,29). The van der Waals surface area contributed by atoms with Gasteiger partial charge in [0.1, 0.15) is 10.5 Å². The van der Waals surface area contributed by atoms with Gasteiger partial charge in [-0.05, 0) is 35.7 Å². The molecule has 9 nitrogen and oxygen atoms in total. The Balaban J connectivity index is 1.30. The highest BCUT2D eigenvalue weighted by atomic mass is 32.2. The maximum Gasteiger partial charge on any atom is 0.256 e. The van der Waals surface area contributed by atoms with Crippen molar-refractivity contribution in [2.24, 2.45) is 0 Å². The van der Waals surface area contributed by atoms with Crippen LogP contribution in [0.2, 0.25) is 0 Å². The molecule has 1 fully saturated rings. The number of aromatic amines is 1. The largest absolute Gasteiger partial charge is 0.345 e. The molecule has 0 radical (unpaired) electrons. The Kier molecular flexibility index (Phi) is 5.90. The molecule has 1 aromatic carbocycles. The molecule has 3 aromatic heterocycles. The van der Waals surface area contributed by atoms with Gasteiger partial charge in [-0.3, -0.25) is 9.59 Å². The van der Waals surface area contributed by atoms with Gasteiger partial charge in [-0.1, -0.05) is 12.1 Å². The summed E-state index contributed by atoms with van der Waals surface area (Å²) in [5.74, 6) is -0.541. The van der Waals surface area contributed by atoms with Crippen molar-refractivity contribution in [3.63, 3.8) is 0 Å². The smallest absolute Gasteiger partial charge is 0.256 e. The van der Waals surface area contributed by atoms with E-state index in [0.717, 1.165) is 0 Å². The second-order valence-electron chi connectivity index (χ2n) is 7.76. The second kappa shape index (κ2) is 9.01. The van der Waals surface area contributed by atoms with Crippen LogP contribution in [-0.4, -0.2) is 65.6 Å². The predicted octanol–water partition coefficient (Wildman–Crippen LogP) is 3.02. The number of nitrogens with zero attached hydrogens (tertiary/aromatic N) is 3. The molecule has 0 bridgehead atoms. The number of pyridine rings is 1. The molecule has 11 heteroatoms. The van der Waals surface area contributed by atoms with Gasteiger partial charge in [-0.25, -0.2) is 13.4 Å². The maximum absolute atomic E-state index is 13.2. The summed E-state index contributed by atoms with van der Waals surface area (Å²) in [6.07, 6.45) is 3.05. The van der Waals surface area contributed by atoms with E-state index in [2.05, 4.69) is 15.3 Å². The normalized spacial score (nSPS) is 14.9. The van der Waals surface area contributed by atoms with Crippen molar-refractivity contribution in [2.75, 3.05) is 31.5 Å². The quantitative estimate of drug-likeness (QED) is 0.442. The minimum absolute atomic E-state index is 0.171. The number of aromatic nitrogens is 2. The van der Waals surface area contributed by atoms with E-state index in [1.54, 1.807) is 58.9 Å². The Morgan fingerprint density at radius 2 is 1.82 bits per heavy atom. The minimum Gasteiger partial charge on any atom is -0.345 e. The SMILES string of the molecule is O=C(Nc1ccccc1C(=O)N1CCN(S(=O)(=O)c2c[nH]c3ncccc23)CC1)c1ccsc1. The number of amides is 2. The van der Waals surface area contributed by atoms with Crippen LogP contribution >= 0.6 is 11.3 Å². The number of rotatable bonds is 5. The summed E-state index contributed by atoms with van der Waals surface area (Å²) in [5, 5.41) is 6.90. The van der Waals surface area contributed by atoms with Crippen LogP contribution in [0.15, 0.2) is 70.5 Å². The number of fused-ring (bicyclic) bond motifs is 1. The molecule has 1 saturated heterocycles. The number of carbonyl (C=O) groups is 2. The van der Waals surface area contributed by atoms with Crippen LogP contribution in [0.4, 0.5) is 5.69 Å². The lowest BCUT2D eigenvalue weighted by molar-refractivity contribution is 0.0699. The first-order chi connectivity index (χ1) is 16.4. The third kappa shape index (κ3) is 4.09. The number of carbonyl (C=O) groups excluding carboxylic acids is 2. The van der Waals surface area contributed by atoms with Gasteiger partial charge in [0.2, 0.25) is 10.0 Å². The Labute approximate surface area is 200 Å². The zero-order valence-corrected chi connectivity index (χ0v) is 19.6. The fourth-order valence-electron chi connectivity index (χ4n) is 3.95. The fourth-order valence-corrected chi connectivity index (χ4v) is 6.16. The van der Waals surface area contributed by atoms with Gasteiger partial charge in [0.25, 0.3) is 11.8 Å². The van der Waals surface area contributed by atoms with E-state index >= 15 is 0 Å². The number of benzene rings is 1. The zero-order chi connectivity index (χ0) is 23.7. The highest BCUT2D eigenvalue weighted by Gasteiger charge is 2.32. The van der Waals surface area contributed by atoms with E-state index < -0.39 is 10.0 Å². The molecule has 174 valence electrons. The molecule has 0 unspecified atom stereocenters. The molecule has 0 aliphatic carbocycles. The number of nitrogens with one attached hydrogen (secondary N) is 2. The minimum atomic E-state index is -3.74. The first-order valence-corrected chi connectivity index (χ1v) is 13.0. The number of para-hydroxylation sites is 1. The third-order valence-corrected chi connectivity index (χ3v) is 8.37. The van der Waals surface area contributed by atoms with E-state index in [9.17, 15) is 18.0 Å². The summed E-state index contributed by atoms with van der Waals surface area (Å²) in [7, 11) is -3.74. The molecule has 0 spiro atoms. The fraction of sp³-hybridized carbons (Fsp3) is 0.174. The summed E-state index contributed by atoms with van der Waals surface area (Å²) in [6.45, 7) is 0.825. The number of hydrogen-bond acceptors (Lipinski definition) is 6. The van der Waals surface area contributed by atoms with Crippen molar-refractivity contribution in [3.8, 4) is 0 Å². The van der Waals surface area contributed by atoms with Gasteiger partial charge >= 0.3 is 0 Å². The highest BCUT2D eigenvalue weighted by molar-refractivity contribution is 7.89. The van der Waals surface area contributed by atoms with Crippen molar-refractivity contribution in [2.45, 2.75) is 4.90 Å². The van der Waals surface area contributed by atoms with Gasteiger partial charge in [-0.2, -0.15) is 15.6 Å². The molecule has 0 atom stereocenters. The van der Waals surface area contributed by atoms with E-state index in [0.29, 0.717) is 27.8 Å². The van der Waals surface area contributed by atoms with Gasteiger partial charge < -0.3 is 15.2 Å². The number of thiophene rings is 1. The van der Waals surface area contributed by atoms with Crippen LogP contribution in [-0.2, 0) is 10.0 Å². The average Bonchev–Trinajstić information content (AvgIpc) is 3.55. The van der Waals surface area contributed by atoms with Crippen molar-refractivity contribution >= 4 is 49.9 Å². The predicted molar refractivity (Wildman–Crippen MR) is 129 cm³/mol. The van der Waals surface area contributed by atoms with Crippen LogP contribution in [0.1, 0.15) is 20.7 Å². The Hall–Kier alpha value is -3.54. The summed E-state index contributed by atoms with van der Waals surface area (Å²) in [5.41, 5.74) is 1.82. The first kappa shape index (κ1) is 22.3. The second-order valence-corrected chi connectivity index (χ2v) is 10.4. The van der Waals surface area contributed by atoms with Gasteiger partial charge in [0.15, 0.2) is 0 Å². The molecule has 1 aliphatic heterocycles. The number of sulfonamides is 1. The third-order valence-electron chi connectivity index (χ3n) is 5.75. The van der Waals surface area contributed by atoms with Crippen molar-refractivity contribution in [3.05, 3.63) is 76.7 Å². The number of H-pyrrole nitrogens is 1. The van der Waals surface area contributed by atoms with Crippen molar-refractivity contribution in [1.29, 1.82) is 0 Å². The highest BCUT2D eigenvalue weighted by Crippen LogP contribution is 2.26. The van der Waals surface area contributed by atoms with Crippen molar-refractivity contribution in [1.82, 2.24) is 19.2 Å². The van der Waals surface area contributed by atoms with Crippen LogP contribution in [0.25, 0.3) is 11.0 Å².